The molecule has 0 unspecified atom stereocenters. The van der Waals surface area contributed by atoms with E-state index in [1.165, 1.54) is 5.56 Å². The van der Waals surface area contributed by atoms with E-state index in [0.29, 0.717) is 24.9 Å². The van der Waals surface area contributed by atoms with Gasteiger partial charge in [0.15, 0.2) is 5.78 Å². The Hall–Kier alpha value is -2.77. The number of anilines is 1. The zero-order chi connectivity index (χ0) is 22.0. The van der Waals surface area contributed by atoms with Crippen molar-refractivity contribution in [1.29, 1.82) is 0 Å². The van der Waals surface area contributed by atoms with Crippen molar-refractivity contribution in [2.75, 3.05) is 25.0 Å². The van der Waals surface area contributed by atoms with Gasteiger partial charge in [0.05, 0.1) is 18.0 Å². The van der Waals surface area contributed by atoms with Gasteiger partial charge in [0, 0.05) is 29.9 Å². The maximum absolute atomic E-state index is 13.0. The monoisotopic (exact) mass is 436 g/mol. The first-order valence-corrected chi connectivity index (χ1v) is 11.4. The number of aromatic nitrogens is 2. The third-order valence-electron chi connectivity index (χ3n) is 5.72. The SMILES string of the molecule is CCCN(CC(=O)/C=C1/N(C)c2ccccc2C1(C)C)Cc1nnc(-c2cccs2)o1. The highest BCUT2D eigenvalue weighted by Gasteiger charge is 2.38. The standard InChI is InChI=1S/C24H28N4O2S/c1-5-12-28(16-22-25-26-23(30-22)20-11-8-13-31-20)15-17(29)14-21-24(2,3)18-9-6-7-10-19(18)27(21)4/h6-11,13-14H,5,12,15-16H2,1-4H3/b21-14+. The molecule has 4 rings (SSSR count). The molecule has 0 N–H and O–H groups in total. The fraction of sp³-hybridized carbons (Fsp3) is 0.375. The molecule has 7 heteroatoms. The number of para-hydroxylation sites is 1. The lowest BCUT2D eigenvalue weighted by molar-refractivity contribution is -0.116. The Kier molecular flexibility index (Phi) is 6.07. The molecule has 0 saturated heterocycles. The maximum Gasteiger partial charge on any atom is 0.257 e. The fourth-order valence-corrected chi connectivity index (χ4v) is 4.86. The Balaban J connectivity index is 1.48. The number of fused-ring (bicyclic) bond motifs is 1. The van der Waals surface area contributed by atoms with Crippen LogP contribution in [-0.4, -0.2) is 41.0 Å². The molecule has 31 heavy (non-hydrogen) atoms. The topological polar surface area (TPSA) is 62.5 Å². The van der Waals surface area contributed by atoms with Crippen LogP contribution in [0, 0.1) is 0 Å². The van der Waals surface area contributed by atoms with Gasteiger partial charge in [-0.25, -0.2) is 0 Å². The fourth-order valence-electron chi connectivity index (χ4n) is 4.22. The van der Waals surface area contributed by atoms with E-state index in [0.717, 1.165) is 29.2 Å². The molecule has 0 atom stereocenters. The molecule has 0 amide bonds. The first-order chi connectivity index (χ1) is 14.9. The normalized spacial score (nSPS) is 16.3. The number of carbonyl (C=O) groups excluding carboxylic acids is 1. The molecule has 0 aliphatic carbocycles. The van der Waals surface area contributed by atoms with Crippen molar-refractivity contribution in [2.24, 2.45) is 0 Å². The molecular formula is C24H28N4O2S. The Bertz CT molecular complexity index is 1080. The van der Waals surface area contributed by atoms with Crippen LogP contribution >= 0.6 is 11.3 Å². The van der Waals surface area contributed by atoms with Gasteiger partial charge in [0.25, 0.3) is 5.89 Å². The van der Waals surface area contributed by atoms with Crippen LogP contribution in [0.5, 0.6) is 0 Å². The number of rotatable bonds is 8. The lowest BCUT2D eigenvalue weighted by Crippen LogP contribution is -2.31. The van der Waals surface area contributed by atoms with Crippen LogP contribution in [0.1, 0.15) is 38.6 Å². The van der Waals surface area contributed by atoms with Crippen LogP contribution in [-0.2, 0) is 16.8 Å². The Labute approximate surface area is 187 Å². The van der Waals surface area contributed by atoms with E-state index in [9.17, 15) is 4.79 Å². The van der Waals surface area contributed by atoms with E-state index < -0.39 is 0 Å². The molecule has 1 aliphatic rings. The lowest BCUT2D eigenvalue weighted by atomic mass is 9.83. The van der Waals surface area contributed by atoms with Crippen molar-refractivity contribution in [3.63, 3.8) is 0 Å². The van der Waals surface area contributed by atoms with Crippen molar-refractivity contribution in [3.8, 4) is 10.8 Å². The summed E-state index contributed by atoms with van der Waals surface area (Å²) in [6.07, 6.45) is 2.74. The summed E-state index contributed by atoms with van der Waals surface area (Å²) in [6.45, 7) is 8.00. The summed E-state index contributed by atoms with van der Waals surface area (Å²) in [6, 6.07) is 12.2. The largest absolute Gasteiger partial charge is 0.419 e. The van der Waals surface area contributed by atoms with Crippen LogP contribution in [0.2, 0.25) is 0 Å². The van der Waals surface area contributed by atoms with Crippen LogP contribution in [0.4, 0.5) is 5.69 Å². The van der Waals surface area contributed by atoms with E-state index >= 15 is 0 Å². The number of ketones is 1. The third-order valence-corrected chi connectivity index (χ3v) is 6.57. The number of nitrogens with zero attached hydrogens (tertiary/aromatic N) is 4. The smallest absolute Gasteiger partial charge is 0.257 e. The summed E-state index contributed by atoms with van der Waals surface area (Å²) in [5.41, 5.74) is 3.21. The number of thiophene rings is 1. The van der Waals surface area contributed by atoms with Gasteiger partial charge < -0.3 is 9.32 Å². The number of carbonyl (C=O) groups is 1. The van der Waals surface area contributed by atoms with Crippen molar-refractivity contribution < 1.29 is 9.21 Å². The molecule has 3 aromatic rings. The van der Waals surface area contributed by atoms with Crippen LogP contribution in [0.25, 0.3) is 10.8 Å². The van der Waals surface area contributed by atoms with E-state index in [2.05, 4.69) is 59.0 Å². The summed E-state index contributed by atoms with van der Waals surface area (Å²) in [5, 5.41) is 10.3. The van der Waals surface area contributed by atoms with E-state index in [-0.39, 0.29) is 11.2 Å². The van der Waals surface area contributed by atoms with Crippen molar-refractivity contribution >= 4 is 22.8 Å². The van der Waals surface area contributed by atoms with Crippen molar-refractivity contribution in [3.05, 3.63) is 65.0 Å². The quantitative estimate of drug-likeness (QED) is 0.469. The van der Waals surface area contributed by atoms with Gasteiger partial charge in [0.1, 0.15) is 0 Å². The zero-order valence-corrected chi connectivity index (χ0v) is 19.3. The first kappa shape index (κ1) is 21.5. The minimum atomic E-state index is -0.210. The van der Waals surface area contributed by atoms with Gasteiger partial charge >= 0.3 is 0 Å². The first-order valence-electron chi connectivity index (χ1n) is 10.6. The summed E-state index contributed by atoms with van der Waals surface area (Å²) >= 11 is 1.57. The molecule has 0 radical (unpaired) electrons. The third kappa shape index (κ3) is 4.34. The molecule has 1 aromatic carbocycles. The maximum atomic E-state index is 13.0. The second kappa shape index (κ2) is 8.77. The summed E-state index contributed by atoms with van der Waals surface area (Å²) < 4.78 is 5.82. The van der Waals surface area contributed by atoms with Gasteiger partial charge in [-0.2, -0.15) is 0 Å². The number of benzene rings is 1. The van der Waals surface area contributed by atoms with E-state index in [4.69, 9.17) is 4.42 Å². The van der Waals surface area contributed by atoms with Crippen LogP contribution < -0.4 is 4.90 Å². The van der Waals surface area contributed by atoms with Crippen LogP contribution in [0.15, 0.2) is 58.0 Å². The molecule has 2 aromatic heterocycles. The summed E-state index contributed by atoms with van der Waals surface area (Å²) in [7, 11) is 2.03. The molecular weight excluding hydrogens is 408 g/mol. The lowest BCUT2D eigenvalue weighted by Gasteiger charge is -2.24. The average Bonchev–Trinajstić information content (AvgIpc) is 3.46. The van der Waals surface area contributed by atoms with Gasteiger partial charge in [-0.3, -0.25) is 9.69 Å². The summed E-state index contributed by atoms with van der Waals surface area (Å²) in [5.74, 6) is 1.14. The van der Waals surface area contributed by atoms with Crippen LogP contribution in [0.3, 0.4) is 0 Å². The highest BCUT2D eigenvalue weighted by Crippen LogP contribution is 2.46. The molecule has 0 saturated carbocycles. The zero-order valence-electron chi connectivity index (χ0n) is 18.5. The predicted octanol–water partition coefficient (Wildman–Crippen LogP) is 4.89. The van der Waals surface area contributed by atoms with Crippen molar-refractivity contribution in [1.82, 2.24) is 15.1 Å². The van der Waals surface area contributed by atoms with Gasteiger partial charge in [0.2, 0.25) is 5.89 Å². The molecule has 0 fully saturated rings. The molecule has 1 aliphatic heterocycles. The number of hydrogen-bond acceptors (Lipinski definition) is 7. The molecule has 0 bridgehead atoms. The second-order valence-electron chi connectivity index (χ2n) is 8.39. The predicted molar refractivity (Wildman–Crippen MR) is 124 cm³/mol. The minimum absolute atomic E-state index is 0.0779. The number of likely N-dealkylation sites (N-methyl/N-ethyl adjacent to an activating group) is 1. The highest BCUT2D eigenvalue weighted by atomic mass is 32.1. The number of allylic oxidation sites excluding steroid dienone is 1. The molecule has 6 nitrogen and oxygen atoms in total. The molecule has 162 valence electrons. The second-order valence-corrected chi connectivity index (χ2v) is 9.33. The minimum Gasteiger partial charge on any atom is -0.419 e. The van der Waals surface area contributed by atoms with Gasteiger partial charge in [-0.15, -0.1) is 21.5 Å². The average molecular weight is 437 g/mol. The Morgan fingerprint density at radius 2 is 2.03 bits per heavy atom. The van der Waals surface area contributed by atoms with Gasteiger partial charge in [-0.05, 0) is 36.0 Å². The summed E-state index contributed by atoms with van der Waals surface area (Å²) in [4.78, 5) is 18.2. The van der Waals surface area contributed by atoms with Gasteiger partial charge in [-0.1, -0.05) is 45.0 Å². The molecule has 3 heterocycles. The Morgan fingerprint density at radius 3 is 2.74 bits per heavy atom. The van der Waals surface area contributed by atoms with Crippen molar-refractivity contribution in [2.45, 2.75) is 39.2 Å². The highest BCUT2D eigenvalue weighted by molar-refractivity contribution is 7.13. The number of hydrogen-bond donors (Lipinski definition) is 0. The Morgan fingerprint density at radius 1 is 1.23 bits per heavy atom. The molecule has 0 spiro atoms. The van der Waals surface area contributed by atoms with E-state index in [1.807, 2.05) is 30.6 Å². The van der Waals surface area contributed by atoms with E-state index in [1.54, 1.807) is 17.4 Å².